The van der Waals surface area contributed by atoms with E-state index in [0.29, 0.717) is 34.3 Å². The van der Waals surface area contributed by atoms with Crippen LogP contribution in [-0.4, -0.2) is 25.7 Å². The van der Waals surface area contributed by atoms with Gasteiger partial charge in [-0.15, -0.1) is 0 Å². The van der Waals surface area contributed by atoms with Gasteiger partial charge >= 0.3 is 0 Å². The van der Waals surface area contributed by atoms with Crippen LogP contribution in [0.4, 0.5) is 0 Å². The summed E-state index contributed by atoms with van der Waals surface area (Å²) in [6, 6.07) is 15.8. The molecule has 0 spiro atoms. The van der Waals surface area contributed by atoms with Crippen LogP contribution in [0.3, 0.4) is 0 Å². The van der Waals surface area contributed by atoms with Gasteiger partial charge in [-0.2, -0.15) is 4.98 Å². The van der Waals surface area contributed by atoms with E-state index in [2.05, 4.69) is 39.5 Å². The van der Waals surface area contributed by atoms with Crippen LogP contribution in [0.1, 0.15) is 29.7 Å². The van der Waals surface area contributed by atoms with E-state index in [1.54, 1.807) is 25.3 Å². The summed E-state index contributed by atoms with van der Waals surface area (Å²) in [5, 5.41) is 8.78. The normalized spacial score (nSPS) is 17.9. The number of hydrogen-bond acceptors (Lipinski definition) is 6. The van der Waals surface area contributed by atoms with Crippen molar-refractivity contribution in [2.45, 2.75) is 18.3 Å². The Balaban J connectivity index is 0.000000481. The second-order valence-corrected chi connectivity index (χ2v) is 6.95. The molecule has 1 heterocycles. The van der Waals surface area contributed by atoms with Crippen LogP contribution in [0.2, 0.25) is 5.02 Å². The molecule has 142 valence electrons. The van der Waals surface area contributed by atoms with Crippen LogP contribution >= 0.6 is 11.6 Å². The molecule has 0 amide bonds. The van der Waals surface area contributed by atoms with Gasteiger partial charge in [-0.25, -0.2) is 13.6 Å². The monoisotopic (exact) mass is 407 g/mol. The SMILES string of the molecule is COc1ccc(Cl)cc1-c1noc([C@@H]2C[C@H]2c2ccccc2)n1.N[SH](=O)=O. The average Bonchev–Trinajstić information content (AvgIpc) is 3.30. The standard InChI is InChI=1S/C18H15ClN2O2.H3NO2S/c1-22-16-8-7-12(19)9-15(16)17-20-18(23-21-17)14-10-13(14)11-5-3-2-4-6-11;1-4(2)3/h2-9,13-14H,10H2,1H3;4H,(H2,1,2,3)/t13-,14+;/m0./s1. The van der Waals surface area contributed by atoms with Gasteiger partial charge in [0.25, 0.3) is 0 Å². The summed E-state index contributed by atoms with van der Waals surface area (Å²) < 4.78 is 28.5. The lowest BCUT2D eigenvalue weighted by atomic mass is 10.1. The highest BCUT2D eigenvalue weighted by molar-refractivity contribution is 7.69. The molecule has 1 aromatic heterocycles. The topological polar surface area (TPSA) is 108 Å². The molecule has 1 saturated carbocycles. The number of hydrogen-bond donors (Lipinski definition) is 2. The van der Waals surface area contributed by atoms with Crippen LogP contribution < -0.4 is 9.88 Å². The molecule has 4 rings (SSSR count). The zero-order valence-electron chi connectivity index (χ0n) is 14.4. The second-order valence-electron chi connectivity index (χ2n) is 5.95. The fraction of sp³-hybridized carbons (Fsp3) is 0.222. The average molecular weight is 408 g/mol. The second kappa shape index (κ2) is 8.51. The Hall–Kier alpha value is -2.42. The summed E-state index contributed by atoms with van der Waals surface area (Å²) in [5.74, 6) is 2.63. The summed E-state index contributed by atoms with van der Waals surface area (Å²) in [6.45, 7) is 0. The lowest BCUT2D eigenvalue weighted by molar-refractivity contribution is 0.378. The van der Waals surface area contributed by atoms with E-state index in [4.69, 9.17) is 29.3 Å². The van der Waals surface area contributed by atoms with E-state index >= 15 is 0 Å². The lowest BCUT2D eigenvalue weighted by Gasteiger charge is -2.04. The maximum atomic E-state index is 8.81. The van der Waals surface area contributed by atoms with Crippen LogP contribution in [0.25, 0.3) is 11.4 Å². The van der Waals surface area contributed by atoms with Gasteiger partial charge in [-0.3, -0.25) is 0 Å². The Morgan fingerprint density at radius 3 is 2.56 bits per heavy atom. The van der Waals surface area contributed by atoms with Crippen LogP contribution in [-0.2, 0) is 10.9 Å². The molecule has 2 N–H and O–H groups in total. The number of ether oxygens (including phenoxy) is 1. The van der Waals surface area contributed by atoms with Gasteiger partial charge in [0.2, 0.25) is 11.7 Å². The molecule has 0 radical (unpaired) electrons. The van der Waals surface area contributed by atoms with Gasteiger partial charge in [-0.1, -0.05) is 47.1 Å². The quantitative estimate of drug-likeness (QED) is 0.643. The number of benzene rings is 2. The van der Waals surface area contributed by atoms with Crippen LogP contribution in [0.5, 0.6) is 5.75 Å². The molecule has 2 aromatic carbocycles. The number of rotatable bonds is 4. The van der Waals surface area contributed by atoms with Crippen LogP contribution in [0.15, 0.2) is 53.1 Å². The molecular formula is C18H18ClN3O4S. The van der Waals surface area contributed by atoms with Crippen molar-refractivity contribution in [3.05, 3.63) is 65.0 Å². The van der Waals surface area contributed by atoms with E-state index in [9.17, 15) is 0 Å². The molecule has 27 heavy (non-hydrogen) atoms. The number of aromatic nitrogens is 2. The third-order valence-corrected chi connectivity index (χ3v) is 4.41. The first-order valence-corrected chi connectivity index (χ1v) is 9.73. The number of nitrogens with two attached hydrogens (primary N) is 1. The molecule has 9 heteroatoms. The highest BCUT2D eigenvalue weighted by Gasteiger charge is 2.43. The Bertz CT molecular complexity index is 983. The van der Waals surface area contributed by atoms with Gasteiger partial charge in [0.15, 0.2) is 10.9 Å². The fourth-order valence-electron chi connectivity index (χ4n) is 2.89. The summed E-state index contributed by atoms with van der Waals surface area (Å²) in [4.78, 5) is 4.55. The van der Waals surface area contributed by atoms with E-state index in [-0.39, 0.29) is 0 Å². The molecule has 1 fully saturated rings. The van der Waals surface area contributed by atoms with E-state index < -0.39 is 10.9 Å². The predicted molar refractivity (Wildman–Crippen MR) is 102 cm³/mol. The highest BCUT2D eigenvalue weighted by Crippen LogP contribution is 2.54. The van der Waals surface area contributed by atoms with Crippen molar-refractivity contribution in [1.29, 1.82) is 0 Å². The minimum atomic E-state index is -2.62. The van der Waals surface area contributed by atoms with Gasteiger partial charge in [0.05, 0.1) is 12.7 Å². The van der Waals surface area contributed by atoms with E-state index in [1.807, 2.05) is 6.07 Å². The van der Waals surface area contributed by atoms with Gasteiger partial charge in [0.1, 0.15) is 5.75 Å². The maximum Gasteiger partial charge on any atom is 0.230 e. The van der Waals surface area contributed by atoms with Crippen molar-refractivity contribution in [3.8, 4) is 17.1 Å². The van der Waals surface area contributed by atoms with Crippen molar-refractivity contribution in [2.75, 3.05) is 7.11 Å². The number of methoxy groups -OCH3 is 1. The van der Waals surface area contributed by atoms with Crippen molar-refractivity contribution in [3.63, 3.8) is 0 Å². The van der Waals surface area contributed by atoms with Crippen molar-refractivity contribution >= 4 is 22.5 Å². The van der Waals surface area contributed by atoms with Crippen LogP contribution in [0, 0.1) is 0 Å². The first-order chi connectivity index (χ1) is 13.0. The fourth-order valence-corrected chi connectivity index (χ4v) is 3.06. The third kappa shape index (κ3) is 4.85. The Morgan fingerprint density at radius 2 is 1.89 bits per heavy atom. The van der Waals surface area contributed by atoms with Gasteiger partial charge < -0.3 is 9.26 Å². The number of thiol groups is 1. The first kappa shape index (κ1) is 19.3. The Kier molecular flexibility index (Phi) is 6.10. The van der Waals surface area contributed by atoms with E-state index in [0.717, 1.165) is 12.0 Å². The van der Waals surface area contributed by atoms with Gasteiger partial charge in [-0.05, 0) is 36.1 Å². The number of halogens is 1. The zero-order valence-corrected chi connectivity index (χ0v) is 16.1. The Morgan fingerprint density at radius 1 is 1.19 bits per heavy atom. The molecule has 7 nitrogen and oxygen atoms in total. The summed E-state index contributed by atoms with van der Waals surface area (Å²) in [6.07, 6.45) is 1.04. The van der Waals surface area contributed by atoms with Gasteiger partial charge in [0, 0.05) is 10.9 Å². The van der Waals surface area contributed by atoms with Crippen molar-refractivity contribution in [1.82, 2.24) is 10.1 Å². The molecule has 1 aliphatic rings. The summed E-state index contributed by atoms with van der Waals surface area (Å²) >= 11 is 6.07. The smallest absolute Gasteiger partial charge is 0.230 e. The molecule has 3 aromatic rings. The minimum absolute atomic E-state index is 0.295. The minimum Gasteiger partial charge on any atom is -0.496 e. The molecular weight excluding hydrogens is 390 g/mol. The molecule has 1 aliphatic carbocycles. The summed E-state index contributed by atoms with van der Waals surface area (Å²) in [5.41, 5.74) is 2.06. The lowest BCUT2D eigenvalue weighted by Crippen LogP contribution is -1.90. The maximum absolute atomic E-state index is 8.81. The zero-order chi connectivity index (χ0) is 19.4. The largest absolute Gasteiger partial charge is 0.496 e. The molecule has 0 saturated heterocycles. The van der Waals surface area contributed by atoms with E-state index in [1.165, 1.54) is 5.56 Å². The highest BCUT2D eigenvalue weighted by atomic mass is 35.5. The van der Waals surface area contributed by atoms with Crippen molar-refractivity contribution in [2.24, 2.45) is 5.14 Å². The first-order valence-electron chi connectivity index (χ1n) is 8.11. The molecule has 2 atom stereocenters. The summed E-state index contributed by atoms with van der Waals surface area (Å²) in [7, 11) is -1.01. The molecule has 0 unspecified atom stereocenters. The van der Waals surface area contributed by atoms with Crippen molar-refractivity contribution < 1.29 is 17.7 Å². The molecule has 0 aliphatic heterocycles. The third-order valence-electron chi connectivity index (χ3n) is 4.18. The number of nitrogens with zero attached hydrogens (tertiary/aromatic N) is 2. The Labute approximate surface area is 163 Å². The predicted octanol–water partition coefficient (Wildman–Crippen LogP) is 3.14. The molecule has 0 bridgehead atoms.